The summed E-state index contributed by atoms with van der Waals surface area (Å²) < 4.78 is 10.1. The van der Waals surface area contributed by atoms with E-state index in [9.17, 15) is 9.59 Å². The first-order valence-corrected chi connectivity index (χ1v) is 9.45. The molecule has 1 N–H and O–H groups in total. The number of aromatic nitrogens is 2. The maximum atomic E-state index is 12.0. The minimum absolute atomic E-state index is 0.0228. The quantitative estimate of drug-likeness (QED) is 0.591. The number of amides is 1. The molecule has 7 nitrogen and oxygen atoms in total. The number of benzene rings is 1. The van der Waals surface area contributed by atoms with Gasteiger partial charge >= 0.3 is 5.97 Å². The highest BCUT2D eigenvalue weighted by Crippen LogP contribution is 2.27. The van der Waals surface area contributed by atoms with E-state index in [1.165, 1.54) is 18.4 Å². The van der Waals surface area contributed by atoms with Crippen LogP contribution in [0.25, 0.3) is 10.7 Å². The average Bonchev–Trinajstić information content (AvgIpc) is 3.16. The zero-order valence-corrected chi connectivity index (χ0v) is 16.4. The van der Waals surface area contributed by atoms with E-state index >= 15 is 0 Å². The van der Waals surface area contributed by atoms with E-state index < -0.39 is 18.5 Å². The number of nitrogens with zero attached hydrogens (tertiary/aromatic N) is 2. The number of ether oxygens (including phenoxy) is 2. The molecule has 144 valence electrons. The fourth-order valence-electron chi connectivity index (χ4n) is 2.28. The van der Waals surface area contributed by atoms with Crippen LogP contribution in [0.4, 0.5) is 5.69 Å². The zero-order valence-electron chi connectivity index (χ0n) is 14.8. The van der Waals surface area contributed by atoms with Crippen molar-refractivity contribution in [2.24, 2.45) is 0 Å². The summed E-state index contributed by atoms with van der Waals surface area (Å²) in [6.45, 7) is -0.403. The van der Waals surface area contributed by atoms with Gasteiger partial charge in [-0.1, -0.05) is 17.7 Å². The highest BCUT2D eigenvalue weighted by atomic mass is 35.5. The van der Waals surface area contributed by atoms with Crippen molar-refractivity contribution in [3.63, 3.8) is 0 Å². The lowest BCUT2D eigenvalue weighted by atomic mass is 10.3. The van der Waals surface area contributed by atoms with Crippen LogP contribution in [0.5, 0.6) is 5.75 Å². The minimum atomic E-state index is -0.541. The number of anilines is 1. The average molecular weight is 418 g/mol. The molecular weight excluding hydrogens is 402 g/mol. The summed E-state index contributed by atoms with van der Waals surface area (Å²) in [4.78, 5) is 32.5. The highest BCUT2D eigenvalue weighted by Gasteiger charge is 2.13. The van der Waals surface area contributed by atoms with Crippen molar-refractivity contribution in [2.75, 3.05) is 19.0 Å². The van der Waals surface area contributed by atoms with Gasteiger partial charge in [-0.3, -0.25) is 14.6 Å². The lowest BCUT2D eigenvalue weighted by Crippen LogP contribution is -2.21. The van der Waals surface area contributed by atoms with E-state index in [1.807, 2.05) is 18.2 Å². The van der Waals surface area contributed by atoms with Crippen LogP contribution in [0.15, 0.2) is 48.0 Å². The normalized spacial score (nSPS) is 10.4. The molecule has 9 heteroatoms. The van der Waals surface area contributed by atoms with Gasteiger partial charge in [-0.2, -0.15) is 0 Å². The van der Waals surface area contributed by atoms with Crippen LogP contribution in [0.2, 0.25) is 5.02 Å². The Labute approximate surface area is 170 Å². The van der Waals surface area contributed by atoms with E-state index in [-0.39, 0.29) is 6.42 Å². The molecule has 0 saturated carbocycles. The molecular formula is C19H16ClN3O4S. The fraction of sp³-hybridized carbons (Fsp3) is 0.158. The second-order valence-corrected chi connectivity index (χ2v) is 6.86. The Balaban J connectivity index is 1.48. The Morgan fingerprint density at radius 2 is 2.11 bits per heavy atom. The number of hydrogen-bond acceptors (Lipinski definition) is 7. The van der Waals surface area contributed by atoms with Gasteiger partial charge in [0.25, 0.3) is 5.91 Å². The molecule has 2 heterocycles. The Kier molecular flexibility index (Phi) is 6.57. The van der Waals surface area contributed by atoms with Gasteiger partial charge in [0.2, 0.25) is 0 Å². The molecule has 2 aromatic heterocycles. The molecule has 1 aromatic carbocycles. The van der Waals surface area contributed by atoms with Crippen LogP contribution in [0, 0.1) is 0 Å². The van der Waals surface area contributed by atoms with Gasteiger partial charge in [0.05, 0.1) is 29.9 Å². The first-order valence-electron chi connectivity index (χ1n) is 8.20. The number of hydrogen-bond donors (Lipinski definition) is 1. The van der Waals surface area contributed by atoms with Gasteiger partial charge in [-0.25, -0.2) is 4.98 Å². The predicted octanol–water partition coefficient (Wildman–Crippen LogP) is 3.59. The van der Waals surface area contributed by atoms with Crippen molar-refractivity contribution in [3.05, 3.63) is 58.7 Å². The molecule has 3 aromatic rings. The number of pyridine rings is 1. The summed E-state index contributed by atoms with van der Waals surface area (Å²) in [5, 5.41) is 5.45. The number of thiazole rings is 1. The molecule has 0 radical (unpaired) electrons. The number of methoxy groups -OCH3 is 1. The molecule has 0 aliphatic carbocycles. The molecule has 0 bridgehead atoms. The maximum Gasteiger partial charge on any atom is 0.312 e. The minimum Gasteiger partial charge on any atom is -0.495 e. The topological polar surface area (TPSA) is 90.4 Å². The standard InChI is InChI=1S/C19H16ClN3O4S/c1-26-16-6-5-12(8-14(16)20)22-17(24)10-27-18(25)9-13-11-28-19(23-13)15-4-2-3-7-21-15/h2-8,11H,9-10H2,1H3,(H,22,24). The molecule has 0 atom stereocenters. The molecule has 0 aliphatic rings. The third-order valence-electron chi connectivity index (χ3n) is 3.56. The Hall–Kier alpha value is -2.97. The summed E-state index contributed by atoms with van der Waals surface area (Å²) in [5.41, 5.74) is 1.79. The van der Waals surface area contributed by atoms with Crippen LogP contribution >= 0.6 is 22.9 Å². The van der Waals surface area contributed by atoms with Crippen molar-refractivity contribution < 1.29 is 19.1 Å². The predicted molar refractivity (Wildman–Crippen MR) is 107 cm³/mol. The van der Waals surface area contributed by atoms with Crippen molar-refractivity contribution >= 4 is 40.5 Å². The van der Waals surface area contributed by atoms with Gasteiger partial charge in [0.15, 0.2) is 6.61 Å². The van der Waals surface area contributed by atoms with E-state index in [1.54, 1.807) is 29.8 Å². The lowest BCUT2D eigenvalue weighted by Gasteiger charge is -2.08. The number of rotatable bonds is 7. The molecule has 3 rings (SSSR count). The second-order valence-electron chi connectivity index (χ2n) is 5.59. The maximum absolute atomic E-state index is 12.0. The highest BCUT2D eigenvalue weighted by molar-refractivity contribution is 7.13. The van der Waals surface area contributed by atoms with Gasteiger partial charge in [-0.15, -0.1) is 11.3 Å². The van der Waals surface area contributed by atoms with E-state index in [0.29, 0.717) is 22.2 Å². The molecule has 28 heavy (non-hydrogen) atoms. The summed E-state index contributed by atoms with van der Waals surface area (Å²) in [6.07, 6.45) is 1.66. The molecule has 0 aliphatic heterocycles. The van der Waals surface area contributed by atoms with E-state index in [0.717, 1.165) is 10.7 Å². The summed E-state index contributed by atoms with van der Waals surface area (Å²) in [6, 6.07) is 10.3. The van der Waals surface area contributed by atoms with Gasteiger partial charge in [-0.05, 0) is 30.3 Å². The Bertz CT molecular complexity index is 978. The number of nitrogens with one attached hydrogen (secondary N) is 1. The number of esters is 1. The van der Waals surface area contributed by atoms with Gasteiger partial charge < -0.3 is 14.8 Å². The molecule has 0 spiro atoms. The first kappa shape index (κ1) is 19.8. The van der Waals surface area contributed by atoms with Gasteiger partial charge in [0.1, 0.15) is 10.8 Å². The van der Waals surface area contributed by atoms with Crippen LogP contribution in [-0.2, 0) is 20.7 Å². The van der Waals surface area contributed by atoms with Crippen molar-refractivity contribution in [1.82, 2.24) is 9.97 Å². The number of carbonyl (C=O) groups excluding carboxylic acids is 2. The lowest BCUT2D eigenvalue weighted by molar-refractivity contribution is -0.146. The van der Waals surface area contributed by atoms with Crippen LogP contribution in [0.1, 0.15) is 5.69 Å². The van der Waals surface area contributed by atoms with Crippen molar-refractivity contribution in [2.45, 2.75) is 6.42 Å². The zero-order chi connectivity index (χ0) is 19.9. The molecule has 1 amide bonds. The van der Waals surface area contributed by atoms with Crippen LogP contribution in [-0.4, -0.2) is 35.6 Å². The monoisotopic (exact) mass is 417 g/mol. The summed E-state index contributed by atoms with van der Waals surface area (Å²) in [5.74, 6) is -0.512. The van der Waals surface area contributed by atoms with Crippen LogP contribution < -0.4 is 10.1 Å². The second kappa shape index (κ2) is 9.29. The third kappa shape index (κ3) is 5.28. The summed E-state index contributed by atoms with van der Waals surface area (Å²) >= 11 is 7.40. The Morgan fingerprint density at radius 1 is 1.25 bits per heavy atom. The molecule has 0 fully saturated rings. The smallest absolute Gasteiger partial charge is 0.312 e. The molecule has 0 saturated heterocycles. The molecule has 0 unspecified atom stereocenters. The van der Waals surface area contributed by atoms with Crippen molar-refractivity contribution in [3.8, 4) is 16.5 Å². The largest absolute Gasteiger partial charge is 0.495 e. The number of halogens is 1. The van der Waals surface area contributed by atoms with E-state index in [4.69, 9.17) is 21.1 Å². The van der Waals surface area contributed by atoms with Gasteiger partial charge in [0, 0.05) is 17.3 Å². The third-order valence-corrected chi connectivity index (χ3v) is 4.77. The van der Waals surface area contributed by atoms with E-state index in [2.05, 4.69) is 15.3 Å². The van der Waals surface area contributed by atoms with Crippen LogP contribution in [0.3, 0.4) is 0 Å². The fourth-order valence-corrected chi connectivity index (χ4v) is 3.33. The first-order chi connectivity index (χ1) is 13.5. The SMILES string of the molecule is COc1ccc(NC(=O)COC(=O)Cc2csc(-c3ccccn3)n2)cc1Cl. The summed E-state index contributed by atoms with van der Waals surface area (Å²) in [7, 11) is 1.50. The van der Waals surface area contributed by atoms with Crippen molar-refractivity contribution in [1.29, 1.82) is 0 Å². The number of carbonyl (C=O) groups is 2. The Morgan fingerprint density at radius 3 is 2.82 bits per heavy atom.